The number of hydrogen-bond acceptors (Lipinski definition) is 3. The maximum absolute atomic E-state index is 14.1. The minimum absolute atomic E-state index is 0.0222. The first-order valence-corrected chi connectivity index (χ1v) is 7.58. The Morgan fingerprint density at radius 2 is 1.96 bits per heavy atom. The van der Waals surface area contributed by atoms with Gasteiger partial charge in [-0.3, -0.25) is 9.36 Å². The van der Waals surface area contributed by atoms with Crippen LogP contribution < -0.4 is 5.56 Å². The number of aryl methyl sites for hydroxylation is 2. The highest BCUT2D eigenvalue weighted by molar-refractivity contribution is 5.87. The Kier molecular flexibility index (Phi) is 4.19. The summed E-state index contributed by atoms with van der Waals surface area (Å²) in [6.07, 6.45) is 1.94. The van der Waals surface area contributed by atoms with E-state index in [2.05, 4.69) is 4.98 Å². The van der Waals surface area contributed by atoms with Gasteiger partial charge < -0.3 is 5.11 Å². The lowest BCUT2D eigenvalue weighted by Crippen LogP contribution is -2.23. The first kappa shape index (κ1) is 16.6. The van der Waals surface area contributed by atoms with Gasteiger partial charge in [0.25, 0.3) is 5.56 Å². The number of aliphatic carboxylic acids is 1. The summed E-state index contributed by atoms with van der Waals surface area (Å²) in [5.74, 6) is -1.39. The number of carboxylic acids is 1. The van der Waals surface area contributed by atoms with Crippen LogP contribution in [0.15, 0.2) is 47.3 Å². The smallest absolute Gasteiger partial charge is 0.328 e. The second-order valence-electron chi connectivity index (χ2n) is 5.65. The van der Waals surface area contributed by atoms with E-state index in [0.717, 1.165) is 23.8 Å². The number of carboxylic acid groups (broad SMARTS) is 1. The van der Waals surface area contributed by atoms with Crippen molar-refractivity contribution < 1.29 is 14.3 Å². The van der Waals surface area contributed by atoms with E-state index >= 15 is 0 Å². The van der Waals surface area contributed by atoms with Crippen LogP contribution in [0.1, 0.15) is 17.0 Å². The van der Waals surface area contributed by atoms with Crippen molar-refractivity contribution in [2.45, 2.75) is 13.8 Å². The molecule has 0 unspecified atom stereocenters. The molecular weight excluding hydrogens is 323 g/mol. The molecule has 1 heterocycles. The van der Waals surface area contributed by atoms with Gasteiger partial charge in [-0.05, 0) is 37.6 Å². The number of para-hydroxylation sites is 1. The molecule has 0 amide bonds. The molecule has 0 atom stereocenters. The molecule has 1 aromatic heterocycles. The molecule has 3 aromatic rings. The van der Waals surface area contributed by atoms with Crippen LogP contribution in [0.4, 0.5) is 4.39 Å². The van der Waals surface area contributed by atoms with Gasteiger partial charge in [0.05, 0.1) is 16.6 Å². The molecule has 126 valence electrons. The zero-order valence-electron chi connectivity index (χ0n) is 13.7. The number of carbonyl (C=O) groups is 1. The average molecular weight is 338 g/mol. The topological polar surface area (TPSA) is 72.2 Å². The molecule has 0 aliphatic rings. The maximum atomic E-state index is 14.1. The first-order chi connectivity index (χ1) is 11.9. The molecule has 0 spiro atoms. The summed E-state index contributed by atoms with van der Waals surface area (Å²) < 4.78 is 15.6. The summed E-state index contributed by atoms with van der Waals surface area (Å²) in [5, 5.41) is 8.93. The SMILES string of the molecule is Cc1ccccc1-n1c(C)nc2cc(F)c(/C=C/C(=O)O)cc2c1=O. The van der Waals surface area contributed by atoms with E-state index < -0.39 is 11.8 Å². The van der Waals surface area contributed by atoms with Crippen LogP contribution in [0.3, 0.4) is 0 Å². The van der Waals surface area contributed by atoms with Crippen LogP contribution in [0.25, 0.3) is 22.7 Å². The number of nitrogens with zero attached hydrogens (tertiary/aromatic N) is 2. The van der Waals surface area contributed by atoms with Crippen LogP contribution in [-0.4, -0.2) is 20.6 Å². The van der Waals surface area contributed by atoms with Gasteiger partial charge in [-0.2, -0.15) is 0 Å². The lowest BCUT2D eigenvalue weighted by atomic mass is 10.1. The molecule has 0 aliphatic carbocycles. The van der Waals surface area contributed by atoms with Crippen LogP contribution in [0.5, 0.6) is 0 Å². The predicted octanol–water partition coefficient (Wildman–Crippen LogP) is 3.24. The van der Waals surface area contributed by atoms with Gasteiger partial charge >= 0.3 is 5.97 Å². The molecule has 25 heavy (non-hydrogen) atoms. The molecule has 6 heteroatoms. The van der Waals surface area contributed by atoms with E-state index in [9.17, 15) is 14.0 Å². The fraction of sp³-hybridized carbons (Fsp3) is 0.105. The van der Waals surface area contributed by atoms with Crippen molar-refractivity contribution in [1.29, 1.82) is 0 Å². The van der Waals surface area contributed by atoms with Gasteiger partial charge in [-0.15, -0.1) is 0 Å². The minimum atomic E-state index is -1.20. The van der Waals surface area contributed by atoms with E-state index in [0.29, 0.717) is 11.5 Å². The summed E-state index contributed by atoms with van der Waals surface area (Å²) in [4.78, 5) is 27.9. The second-order valence-corrected chi connectivity index (χ2v) is 5.65. The molecule has 0 radical (unpaired) electrons. The average Bonchev–Trinajstić information content (AvgIpc) is 2.55. The predicted molar refractivity (Wildman–Crippen MR) is 93.4 cm³/mol. The van der Waals surface area contributed by atoms with Gasteiger partial charge in [0, 0.05) is 17.7 Å². The third-order valence-electron chi connectivity index (χ3n) is 3.92. The zero-order chi connectivity index (χ0) is 18.1. The Balaban J connectivity index is 2.32. The Morgan fingerprint density at radius 1 is 1.24 bits per heavy atom. The van der Waals surface area contributed by atoms with Crippen LogP contribution in [0.2, 0.25) is 0 Å². The molecule has 0 bridgehead atoms. The number of aromatic nitrogens is 2. The monoisotopic (exact) mass is 338 g/mol. The quantitative estimate of drug-likeness (QED) is 0.744. The van der Waals surface area contributed by atoms with Crippen molar-refractivity contribution in [3.05, 3.63) is 75.6 Å². The largest absolute Gasteiger partial charge is 0.478 e. The third-order valence-corrected chi connectivity index (χ3v) is 3.92. The summed E-state index contributed by atoms with van der Waals surface area (Å²) in [7, 11) is 0. The zero-order valence-corrected chi connectivity index (χ0v) is 13.7. The summed E-state index contributed by atoms with van der Waals surface area (Å²) in [6.45, 7) is 3.57. The van der Waals surface area contributed by atoms with E-state index in [-0.39, 0.29) is 22.0 Å². The number of fused-ring (bicyclic) bond motifs is 1. The van der Waals surface area contributed by atoms with Crippen molar-refractivity contribution >= 4 is 22.9 Å². The molecule has 0 fully saturated rings. The summed E-state index contributed by atoms with van der Waals surface area (Å²) in [6, 6.07) is 9.87. The molecule has 0 saturated carbocycles. The highest BCUT2D eigenvalue weighted by Gasteiger charge is 2.13. The molecule has 2 aromatic carbocycles. The minimum Gasteiger partial charge on any atom is -0.478 e. The van der Waals surface area contributed by atoms with Gasteiger partial charge in [0.2, 0.25) is 0 Å². The number of hydrogen-bond donors (Lipinski definition) is 1. The van der Waals surface area contributed by atoms with Crippen LogP contribution >= 0.6 is 0 Å². The Bertz CT molecular complexity index is 1080. The highest BCUT2D eigenvalue weighted by Crippen LogP contribution is 2.19. The Hall–Kier alpha value is -3.28. The third kappa shape index (κ3) is 3.06. The van der Waals surface area contributed by atoms with Crippen molar-refractivity contribution in [3.63, 3.8) is 0 Å². The molecule has 1 N–H and O–H groups in total. The normalized spacial score (nSPS) is 11.3. The van der Waals surface area contributed by atoms with E-state index in [1.807, 2.05) is 31.2 Å². The van der Waals surface area contributed by atoms with Crippen molar-refractivity contribution in [3.8, 4) is 5.69 Å². The molecule has 5 nitrogen and oxygen atoms in total. The maximum Gasteiger partial charge on any atom is 0.328 e. The molecular formula is C19H15FN2O3. The van der Waals surface area contributed by atoms with Crippen LogP contribution in [-0.2, 0) is 4.79 Å². The fourth-order valence-corrected chi connectivity index (χ4v) is 2.72. The van der Waals surface area contributed by atoms with Crippen molar-refractivity contribution in [2.75, 3.05) is 0 Å². The second kappa shape index (κ2) is 6.32. The van der Waals surface area contributed by atoms with E-state index in [4.69, 9.17) is 5.11 Å². The lowest BCUT2D eigenvalue weighted by Gasteiger charge is -2.13. The number of rotatable bonds is 3. The van der Waals surface area contributed by atoms with Gasteiger partial charge in [0.15, 0.2) is 0 Å². The lowest BCUT2D eigenvalue weighted by molar-refractivity contribution is -0.131. The molecule has 0 aliphatic heterocycles. The highest BCUT2D eigenvalue weighted by atomic mass is 19.1. The van der Waals surface area contributed by atoms with Gasteiger partial charge in [0.1, 0.15) is 11.6 Å². The summed E-state index contributed by atoms with van der Waals surface area (Å²) in [5.41, 5.74) is 1.53. The van der Waals surface area contributed by atoms with Gasteiger partial charge in [-0.1, -0.05) is 18.2 Å². The number of benzene rings is 2. The molecule has 0 saturated heterocycles. The molecule has 3 rings (SSSR count). The first-order valence-electron chi connectivity index (χ1n) is 7.58. The summed E-state index contributed by atoms with van der Waals surface area (Å²) >= 11 is 0. The number of halogens is 1. The fourth-order valence-electron chi connectivity index (χ4n) is 2.72. The standard InChI is InChI=1S/C19H15FN2O3/c1-11-5-3-4-6-17(11)22-12(2)21-16-10-15(20)13(7-8-18(23)24)9-14(16)19(22)25/h3-10H,1-2H3,(H,23,24)/b8-7+. The van der Waals surface area contributed by atoms with Crippen LogP contribution in [0, 0.1) is 19.7 Å². The van der Waals surface area contributed by atoms with Crippen molar-refractivity contribution in [1.82, 2.24) is 9.55 Å². The Labute approximate surface area is 142 Å². The van der Waals surface area contributed by atoms with Crippen molar-refractivity contribution in [2.24, 2.45) is 0 Å². The van der Waals surface area contributed by atoms with E-state index in [1.54, 1.807) is 6.92 Å². The van der Waals surface area contributed by atoms with Gasteiger partial charge in [-0.25, -0.2) is 14.2 Å². The Morgan fingerprint density at radius 3 is 2.64 bits per heavy atom. The van der Waals surface area contributed by atoms with E-state index in [1.165, 1.54) is 10.6 Å².